The van der Waals surface area contributed by atoms with Crippen LogP contribution in [0.5, 0.6) is 5.75 Å². The lowest BCUT2D eigenvalue weighted by atomic mass is 9.87. The maximum atomic E-state index is 12.3. The highest BCUT2D eigenvalue weighted by atomic mass is 19.4. The first-order valence-electron chi connectivity index (χ1n) is 11.1. The van der Waals surface area contributed by atoms with Crippen molar-refractivity contribution in [2.75, 3.05) is 18.1 Å². The Morgan fingerprint density at radius 3 is 2.34 bits per heavy atom. The standard InChI is InChI=1S/C25H27F3N2O5/c26-25(27,28)35-21-9-4-17(5-10-21)24(32)34-20-7-1-16(2-8-20)3-12-23(31)33-14-13-18-15-19(29)6-11-22(18)30/h1-3,6-8,11-12,15,17,21H,4-5,9-10,13-14,29-30H2. The molecule has 1 aliphatic rings. The Kier molecular flexibility index (Phi) is 8.75. The van der Waals surface area contributed by atoms with Gasteiger partial charge in [0.1, 0.15) is 5.75 Å². The third kappa shape index (κ3) is 8.64. The van der Waals surface area contributed by atoms with Gasteiger partial charge in [-0.2, -0.15) is 0 Å². The van der Waals surface area contributed by atoms with Crippen molar-refractivity contribution in [3.8, 4) is 5.75 Å². The number of benzene rings is 2. The molecule has 0 heterocycles. The van der Waals surface area contributed by atoms with E-state index in [-0.39, 0.29) is 32.3 Å². The van der Waals surface area contributed by atoms with Gasteiger partial charge >= 0.3 is 18.3 Å². The number of hydrogen-bond acceptors (Lipinski definition) is 7. The highest BCUT2D eigenvalue weighted by Crippen LogP contribution is 2.31. The SMILES string of the molecule is Nc1ccc(N)c(CCOC(=O)C=Cc2ccc(OC(=O)C3CCC(OC(F)(F)F)CC3)cc2)c1. The number of halogens is 3. The molecule has 0 radical (unpaired) electrons. The zero-order valence-corrected chi connectivity index (χ0v) is 18.9. The predicted octanol–water partition coefficient (Wildman–Crippen LogP) is 4.65. The summed E-state index contributed by atoms with van der Waals surface area (Å²) in [6, 6.07) is 11.6. The number of esters is 2. The molecule has 10 heteroatoms. The molecule has 0 bridgehead atoms. The molecule has 1 saturated carbocycles. The van der Waals surface area contributed by atoms with Crippen molar-refractivity contribution in [3.05, 3.63) is 59.7 Å². The van der Waals surface area contributed by atoms with Gasteiger partial charge in [0.25, 0.3) is 0 Å². The molecule has 4 N–H and O–H groups in total. The maximum Gasteiger partial charge on any atom is 0.522 e. The van der Waals surface area contributed by atoms with Crippen LogP contribution in [-0.4, -0.2) is 31.0 Å². The molecule has 0 spiro atoms. The average molecular weight is 492 g/mol. The Morgan fingerprint density at radius 1 is 1.00 bits per heavy atom. The van der Waals surface area contributed by atoms with Crippen LogP contribution >= 0.6 is 0 Å². The summed E-state index contributed by atoms with van der Waals surface area (Å²) < 4.78 is 51.5. The van der Waals surface area contributed by atoms with Crippen molar-refractivity contribution in [2.45, 2.75) is 44.6 Å². The van der Waals surface area contributed by atoms with Crippen molar-refractivity contribution < 1.29 is 37.0 Å². The van der Waals surface area contributed by atoms with E-state index in [0.29, 0.717) is 29.1 Å². The Hall–Kier alpha value is -3.53. The second kappa shape index (κ2) is 11.7. The smallest absolute Gasteiger partial charge is 0.462 e. The Morgan fingerprint density at radius 2 is 1.69 bits per heavy atom. The third-order valence-electron chi connectivity index (χ3n) is 5.60. The number of hydrogen-bond donors (Lipinski definition) is 2. The van der Waals surface area contributed by atoms with Gasteiger partial charge < -0.3 is 20.9 Å². The summed E-state index contributed by atoms with van der Waals surface area (Å²) in [5.41, 5.74) is 14.2. The minimum Gasteiger partial charge on any atom is -0.462 e. The second-order valence-electron chi connectivity index (χ2n) is 8.24. The Labute approximate surface area is 200 Å². The first-order chi connectivity index (χ1) is 16.6. The normalized spacial score (nSPS) is 18.4. The molecular formula is C25H27F3N2O5. The predicted molar refractivity (Wildman–Crippen MR) is 124 cm³/mol. The molecule has 7 nitrogen and oxygen atoms in total. The molecule has 0 aliphatic heterocycles. The summed E-state index contributed by atoms with van der Waals surface area (Å²) in [6.07, 6.45) is -1.48. The first kappa shape index (κ1) is 26.1. The van der Waals surface area contributed by atoms with Gasteiger partial charge in [0.05, 0.1) is 18.6 Å². The zero-order valence-electron chi connectivity index (χ0n) is 18.9. The largest absolute Gasteiger partial charge is 0.522 e. The second-order valence-corrected chi connectivity index (χ2v) is 8.24. The van der Waals surface area contributed by atoms with Gasteiger partial charge in [0.15, 0.2) is 0 Å². The van der Waals surface area contributed by atoms with E-state index >= 15 is 0 Å². The summed E-state index contributed by atoms with van der Waals surface area (Å²) in [5, 5.41) is 0. The molecule has 35 heavy (non-hydrogen) atoms. The summed E-state index contributed by atoms with van der Waals surface area (Å²) in [7, 11) is 0. The van der Waals surface area contributed by atoms with E-state index in [9.17, 15) is 22.8 Å². The van der Waals surface area contributed by atoms with E-state index in [0.717, 1.165) is 5.56 Å². The van der Waals surface area contributed by atoms with E-state index in [1.165, 1.54) is 6.08 Å². The molecule has 0 saturated heterocycles. The summed E-state index contributed by atoms with van der Waals surface area (Å²) in [6.45, 7) is 0.149. The number of carbonyl (C=O) groups excluding carboxylic acids is 2. The number of ether oxygens (including phenoxy) is 3. The van der Waals surface area contributed by atoms with Gasteiger partial charge in [-0.25, -0.2) is 4.79 Å². The van der Waals surface area contributed by atoms with Crippen molar-refractivity contribution in [1.82, 2.24) is 0 Å². The fraction of sp³-hybridized carbons (Fsp3) is 0.360. The summed E-state index contributed by atoms with van der Waals surface area (Å²) in [5.74, 6) is -1.17. The van der Waals surface area contributed by atoms with E-state index in [4.69, 9.17) is 20.9 Å². The number of alkyl halides is 3. The quantitative estimate of drug-likeness (QED) is 0.239. The van der Waals surface area contributed by atoms with Gasteiger partial charge in [0, 0.05) is 23.9 Å². The van der Waals surface area contributed by atoms with Crippen LogP contribution in [0.2, 0.25) is 0 Å². The number of carbonyl (C=O) groups is 2. The van der Waals surface area contributed by atoms with Gasteiger partial charge in [-0.3, -0.25) is 9.53 Å². The molecule has 0 amide bonds. The van der Waals surface area contributed by atoms with E-state index in [1.807, 2.05) is 0 Å². The van der Waals surface area contributed by atoms with Crippen LogP contribution in [0.15, 0.2) is 48.5 Å². The minimum atomic E-state index is -4.67. The first-order valence-corrected chi connectivity index (χ1v) is 11.1. The zero-order chi connectivity index (χ0) is 25.4. The minimum absolute atomic E-state index is 0.145. The average Bonchev–Trinajstić information content (AvgIpc) is 2.80. The number of anilines is 2. The van der Waals surface area contributed by atoms with Crippen LogP contribution in [0.1, 0.15) is 36.8 Å². The van der Waals surface area contributed by atoms with Crippen LogP contribution in [-0.2, 0) is 25.5 Å². The van der Waals surface area contributed by atoms with Crippen LogP contribution in [0.3, 0.4) is 0 Å². The molecule has 188 valence electrons. The topological polar surface area (TPSA) is 114 Å². The van der Waals surface area contributed by atoms with Gasteiger partial charge in [-0.1, -0.05) is 12.1 Å². The van der Waals surface area contributed by atoms with Crippen LogP contribution < -0.4 is 16.2 Å². The van der Waals surface area contributed by atoms with Crippen LogP contribution in [0.25, 0.3) is 6.08 Å². The van der Waals surface area contributed by atoms with E-state index in [1.54, 1.807) is 48.5 Å². The summed E-state index contributed by atoms with van der Waals surface area (Å²) in [4.78, 5) is 24.3. The lowest BCUT2D eigenvalue weighted by Crippen LogP contribution is -2.32. The van der Waals surface area contributed by atoms with Gasteiger partial charge in [0.2, 0.25) is 0 Å². The van der Waals surface area contributed by atoms with Crippen LogP contribution in [0.4, 0.5) is 24.5 Å². The molecule has 0 aromatic heterocycles. The highest BCUT2D eigenvalue weighted by Gasteiger charge is 2.36. The van der Waals surface area contributed by atoms with Crippen molar-refractivity contribution >= 4 is 29.4 Å². The monoisotopic (exact) mass is 492 g/mol. The molecule has 0 atom stereocenters. The number of nitrogen functional groups attached to an aromatic ring is 2. The van der Waals surface area contributed by atoms with Crippen LogP contribution in [0, 0.1) is 5.92 Å². The Balaban J connectivity index is 1.41. The van der Waals surface area contributed by atoms with E-state index < -0.39 is 30.3 Å². The molecule has 1 fully saturated rings. The molecule has 3 rings (SSSR count). The summed E-state index contributed by atoms with van der Waals surface area (Å²) >= 11 is 0. The van der Waals surface area contributed by atoms with E-state index in [2.05, 4.69) is 4.74 Å². The highest BCUT2D eigenvalue weighted by molar-refractivity contribution is 5.87. The lowest BCUT2D eigenvalue weighted by molar-refractivity contribution is -0.345. The molecule has 2 aromatic rings. The lowest BCUT2D eigenvalue weighted by Gasteiger charge is -2.27. The Bertz CT molecular complexity index is 1050. The van der Waals surface area contributed by atoms with Crippen molar-refractivity contribution in [1.29, 1.82) is 0 Å². The van der Waals surface area contributed by atoms with Gasteiger partial charge in [-0.05, 0) is 73.2 Å². The van der Waals surface area contributed by atoms with Crippen molar-refractivity contribution in [3.63, 3.8) is 0 Å². The molecule has 2 aromatic carbocycles. The fourth-order valence-corrected chi connectivity index (χ4v) is 3.77. The van der Waals surface area contributed by atoms with Gasteiger partial charge in [-0.15, -0.1) is 13.2 Å². The fourth-order valence-electron chi connectivity index (χ4n) is 3.77. The molecular weight excluding hydrogens is 465 g/mol. The molecule has 1 aliphatic carbocycles. The maximum absolute atomic E-state index is 12.3. The number of nitrogens with two attached hydrogens (primary N) is 2. The third-order valence-corrected chi connectivity index (χ3v) is 5.60. The van der Waals surface area contributed by atoms with Crippen molar-refractivity contribution in [2.24, 2.45) is 5.92 Å². The number of rotatable bonds is 8. The molecule has 0 unspecified atom stereocenters.